The lowest BCUT2D eigenvalue weighted by atomic mass is 10.1. The number of nitrogens with zero attached hydrogens (tertiary/aromatic N) is 3. The van der Waals surface area contributed by atoms with Crippen molar-refractivity contribution in [3.8, 4) is 17.2 Å². The maximum Gasteiger partial charge on any atom is 0.271 e. The Hall–Kier alpha value is -2.52. The zero-order valence-electron chi connectivity index (χ0n) is 19.0. The topological polar surface area (TPSA) is 76.8 Å². The molecule has 2 aliphatic heterocycles. The first-order chi connectivity index (χ1) is 16.4. The molecule has 178 valence electrons. The summed E-state index contributed by atoms with van der Waals surface area (Å²) in [5.41, 5.74) is 2.51. The van der Waals surface area contributed by atoms with E-state index in [1.165, 1.54) is 0 Å². The molecule has 34 heavy (non-hydrogen) atoms. The van der Waals surface area contributed by atoms with Crippen LogP contribution in [0.2, 0.25) is 5.02 Å². The number of β-amino-alcohol motifs (C(OH)–C–C–N with tert-alkyl or cyclic N) is 1. The molecule has 2 aromatic carbocycles. The van der Waals surface area contributed by atoms with Crippen molar-refractivity contribution in [2.45, 2.75) is 35.1 Å². The van der Waals surface area contributed by atoms with E-state index in [0.717, 1.165) is 11.3 Å². The number of ether oxygens (including phenoxy) is 2. The number of likely N-dealkylation sites (N-methyl/N-ethyl adjacent to an activating group) is 1. The summed E-state index contributed by atoms with van der Waals surface area (Å²) in [6.45, 7) is 1.10. The lowest BCUT2D eigenvalue weighted by molar-refractivity contribution is 0.182. The van der Waals surface area contributed by atoms with Crippen molar-refractivity contribution in [3.63, 3.8) is 0 Å². The fourth-order valence-electron chi connectivity index (χ4n) is 4.50. The molecule has 0 spiro atoms. The van der Waals surface area contributed by atoms with Crippen LogP contribution >= 0.6 is 23.4 Å². The predicted octanol–water partition coefficient (Wildman–Crippen LogP) is 3.73. The number of hydrogen-bond acceptors (Lipinski definition) is 7. The van der Waals surface area contributed by atoms with Crippen molar-refractivity contribution < 1.29 is 14.6 Å². The molecule has 5 rings (SSSR count). The molecular weight excluding hydrogens is 474 g/mol. The van der Waals surface area contributed by atoms with Gasteiger partial charge in [0.05, 0.1) is 29.5 Å². The first kappa shape index (κ1) is 23.2. The minimum absolute atomic E-state index is 0.0937. The number of fused-ring (bicyclic) bond motifs is 1. The van der Waals surface area contributed by atoms with Gasteiger partial charge in [-0.25, -0.2) is 4.98 Å². The molecule has 0 radical (unpaired) electrons. The fourth-order valence-corrected chi connectivity index (χ4v) is 5.91. The highest BCUT2D eigenvalue weighted by Crippen LogP contribution is 2.44. The molecule has 1 unspecified atom stereocenters. The van der Waals surface area contributed by atoms with E-state index >= 15 is 0 Å². The maximum absolute atomic E-state index is 13.3. The highest BCUT2D eigenvalue weighted by atomic mass is 35.5. The quantitative estimate of drug-likeness (QED) is 0.553. The number of aromatic nitrogens is 2. The van der Waals surface area contributed by atoms with Gasteiger partial charge >= 0.3 is 0 Å². The lowest BCUT2D eigenvalue weighted by Crippen LogP contribution is -2.30. The standard InChI is InChI=1S/C25H26ClN3O4S/c1-28-12-19(30)9-18(28)13-33-21-8-7-17(10-22(21)32-2)29-14-27-20-11-23(34-24(20)25(29)31)15-3-5-16(26)6-4-15/h3-8,10,14,18-19,23,30H,9,11-13H2,1-2H3/t18-,19+,23?/m0/s1. The number of methoxy groups -OCH3 is 1. The third kappa shape index (κ3) is 4.55. The number of likely N-dealkylation sites (tertiary alicyclic amines) is 1. The van der Waals surface area contributed by atoms with Gasteiger partial charge in [0.1, 0.15) is 12.9 Å². The maximum atomic E-state index is 13.3. The molecule has 0 saturated carbocycles. The molecule has 3 heterocycles. The SMILES string of the molecule is COc1cc(-n2cnc3c(c2=O)SC(c2ccc(Cl)cc2)C3)ccc1OC[C@@H]1C[C@@H](O)CN1C. The van der Waals surface area contributed by atoms with Crippen LogP contribution in [0.25, 0.3) is 5.69 Å². The number of hydrogen-bond donors (Lipinski definition) is 1. The molecule has 3 atom stereocenters. The van der Waals surface area contributed by atoms with E-state index in [-0.39, 0.29) is 23.0 Å². The molecule has 7 nitrogen and oxygen atoms in total. The van der Waals surface area contributed by atoms with E-state index in [1.807, 2.05) is 43.4 Å². The largest absolute Gasteiger partial charge is 0.493 e. The molecule has 9 heteroatoms. The zero-order chi connectivity index (χ0) is 23.8. The minimum Gasteiger partial charge on any atom is -0.493 e. The Morgan fingerprint density at radius 3 is 2.71 bits per heavy atom. The summed E-state index contributed by atoms with van der Waals surface area (Å²) in [6.07, 6.45) is 2.65. The van der Waals surface area contributed by atoms with E-state index in [0.29, 0.717) is 53.1 Å². The number of thioether (sulfide) groups is 1. The summed E-state index contributed by atoms with van der Waals surface area (Å²) in [6, 6.07) is 13.3. The molecule has 1 N–H and O–H groups in total. The number of aliphatic hydroxyl groups is 1. The van der Waals surface area contributed by atoms with Crippen molar-refractivity contribution in [2.24, 2.45) is 0 Å². The number of rotatable bonds is 6. The van der Waals surface area contributed by atoms with Crippen LogP contribution in [0.1, 0.15) is 22.9 Å². The molecule has 1 fully saturated rings. The Morgan fingerprint density at radius 1 is 1.21 bits per heavy atom. The van der Waals surface area contributed by atoms with Crippen LogP contribution in [0.4, 0.5) is 0 Å². The third-order valence-corrected chi connectivity index (χ3v) is 8.03. The fraction of sp³-hybridized carbons (Fsp3) is 0.360. The summed E-state index contributed by atoms with van der Waals surface area (Å²) in [5, 5.41) is 10.7. The van der Waals surface area contributed by atoms with Gasteiger partial charge in [-0.05, 0) is 43.3 Å². The molecule has 1 aromatic heterocycles. The summed E-state index contributed by atoms with van der Waals surface area (Å²) < 4.78 is 13.1. The van der Waals surface area contributed by atoms with Crippen LogP contribution in [0, 0.1) is 0 Å². The summed E-state index contributed by atoms with van der Waals surface area (Å²) in [5.74, 6) is 1.14. The number of halogens is 1. The molecule has 1 saturated heterocycles. The van der Waals surface area contributed by atoms with Crippen molar-refractivity contribution >= 4 is 23.4 Å². The van der Waals surface area contributed by atoms with Gasteiger partial charge < -0.3 is 14.6 Å². The second kappa shape index (κ2) is 9.62. The molecular formula is C25H26ClN3O4S. The molecule has 3 aromatic rings. The number of benzene rings is 2. The smallest absolute Gasteiger partial charge is 0.271 e. The molecule has 2 aliphatic rings. The van der Waals surface area contributed by atoms with E-state index in [2.05, 4.69) is 9.88 Å². The Bertz CT molecular complexity index is 1250. The van der Waals surface area contributed by atoms with Crippen molar-refractivity contribution in [1.82, 2.24) is 14.5 Å². The van der Waals surface area contributed by atoms with Crippen LogP contribution in [-0.2, 0) is 6.42 Å². The monoisotopic (exact) mass is 499 g/mol. The minimum atomic E-state index is -0.320. The van der Waals surface area contributed by atoms with Gasteiger partial charge in [0.25, 0.3) is 5.56 Å². The first-order valence-electron chi connectivity index (χ1n) is 11.1. The summed E-state index contributed by atoms with van der Waals surface area (Å²) in [7, 11) is 3.56. The summed E-state index contributed by atoms with van der Waals surface area (Å²) in [4.78, 5) is 20.7. The Kier molecular flexibility index (Phi) is 6.57. The summed E-state index contributed by atoms with van der Waals surface area (Å²) >= 11 is 7.56. The van der Waals surface area contributed by atoms with Crippen molar-refractivity contribution in [2.75, 3.05) is 27.3 Å². The van der Waals surface area contributed by atoms with E-state index in [1.54, 1.807) is 35.8 Å². The van der Waals surface area contributed by atoms with Crippen LogP contribution in [0.15, 0.2) is 58.5 Å². The van der Waals surface area contributed by atoms with Crippen LogP contribution in [0.3, 0.4) is 0 Å². The zero-order valence-corrected chi connectivity index (χ0v) is 20.6. The first-order valence-corrected chi connectivity index (χ1v) is 12.4. The second-order valence-electron chi connectivity index (χ2n) is 8.69. The van der Waals surface area contributed by atoms with Gasteiger partial charge in [0, 0.05) is 35.3 Å². The van der Waals surface area contributed by atoms with Gasteiger partial charge in [-0.2, -0.15) is 0 Å². The molecule has 0 amide bonds. The second-order valence-corrected chi connectivity index (χ2v) is 10.3. The van der Waals surface area contributed by atoms with Gasteiger partial charge in [0.15, 0.2) is 11.5 Å². The van der Waals surface area contributed by atoms with Crippen LogP contribution in [0.5, 0.6) is 11.5 Å². The average Bonchev–Trinajstić information content (AvgIpc) is 3.41. The van der Waals surface area contributed by atoms with Crippen LogP contribution < -0.4 is 15.0 Å². The van der Waals surface area contributed by atoms with Gasteiger partial charge in [-0.3, -0.25) is 14.3 Å². The lowest BCUT2D eigenvalue weighted by Gasteiger charge is -2.20. The highest BCUT2D eigenvalue weighted by Gasteiger charge is 2.30. The normalized spacial score (nSPS) is 22.1. The Balaban J connectivity index is 1.36. The van der Waals surface area contributed by atoms with Gasteiger partial charge in [0.2, 0.25) is 0 Å². The predicted molar refractivity (Wildman–Crippen MR) is 133 cm³/mol. The molecule has 0 bridgehead atoms. The van der Waals surface area contributed by atoms with Crippen molar-refractivity contribution in [3.05, 3.63) is 75.4 Å². The average molecular weight is 500 g/mol. The molecule has 0 aliphatic carbocycles. The number of aliphatic hydroxyl groups excluding tert-OH is 1. The van der Waals surface area contributed by atoms with Gasteiger partial charge in [-0.1, -0.05) is 23.7 Å². The third-order valence-electron chi connectivity index (χ3n) is 6.41. The Labute approximate surface area is 207 Å². The van der Waals surface area contributed by atoms with Crippen LogP contribution in [-0.4, -0.2) is 59.0 Å². The van der Waals surface area contributed by atoms with Crippen molar-refractivity contribution in [1.29, 1.82) is 0 Å². The van der Waals surface area contributed by atoms with E-state index in [4.69, 9.17) is 21.1 Å². The van der Waals surface area contributed by atoms with Gasteiger partial charge in [-0.15, -0.1) is 11.8 Å². The van der Waals surface area contributed by atoms with E-state index in [9.17, 15) is 9.90 Å². The highest BCUT2D eigenvalue weighted by molar-refractivity contribution is 7.99. The Morgan fingerprint density at radius 2 is 2.00 bits per heavy atom. The van der Waals surface area contributed by atoms with E-state index < -0.39 is 0 Å².